The molecule has 5 heteroatoms. The zero-order valence-electron chi connectivity index (χ0n) is 14.6. The number of hydrogen-bond donors (Lipinski definition) is 0. The lowest BCUT2D eigenvalue weighted by Crippen LogP contribution is -2.43. The van der Waals surface area contributed by atoms with Crippen LogP contribution < -0.4 is 0 Å². The van der Waals surface area contributed by atoms with Crippen LogP contribution in [0.3, 0.4) is 0 Å². The van der Waals surface area contributed by atoms with Crippen LogP contribution in [0.25, 0.3) is 11.0 Å². The SMILES string of the molecule is C=C[C@]12C[C@@H]1[C@@H](n1ccc3c(C)ncnc31)[C@@H]1OC(C)(C)O[C@]12C. The number of rotatable bonds is 2. The fraction of sp³-hybridized carbons (Fsp3) is 0.579. The summed E-state index contributed by atoms with van der Waals surface area (Å²) in [5, 5.41) is 1.11. The second-order valence-electron chi connectivity index (χ2n) is 8.11. The minimum absolute atomic E-state index is 0.00452. The van der Waals surface area contributed by atoms with Gasteiger partial charge >= 0.3 is 0 Å². The molecule has 0 spiro atoms. The first-order valence-corrected chi connectivity index (χ1v) is 8.63. The van der Waals surface area contributed by atoms with Gasteiger partial charge in [-0.3, -0.25) is 0 Å². The zero-order chi connectivity index (χ0) is 16.9. The molecule has 3 aliphatic rings. The van der Waals surface area contributed by atoms with Gasteiger partial charge < -0.3 is 14.0 Å². The summed E-state index contributed by atoms with van der Waals surface area (Å²) in [6.07, 6.45) is 6.96. The molecule has 0 N–H and O–H groups in total. The first-order valence-electron chi connectivity index (χ1n) is 8.63. The zero-order valence-corrected chi connectivity index (χ0v) is 14.6. The maximum Gasteiger partial charge on any atom is 0.164 e. The van der Waals surface area contributed by atoms with Gasteiger partial charge in [-0.05, 0) is 46.1 Å². The summed E-state index contributed by atoms with van der Waals surface area (Å²) < 4.78 is 15.1. The first kappa shape index (κ1) is 14.6. The van der Waals surface area contributed by atoms with E-state index in [1.165, 1.54) is 0 Å². The van der Waals surface area contributed by atoms with Gasteiger partial charge in [-0.15, -0.1) is 6.58 Å². The number of ether oxygens (including phenoxy) is 2. The summed E-state index contributed by atoms with van der Waals surface area (Å²) >= 11 is 0. The molecule has 5 nitrogen and oxygen atoms in total. The fourth-order valence-electron chi connectivity index (χ4n) is 5.39. The van der Waals surface area contributed by atoms with Crippen molar-refractivity contribution in [3.05, 3.63) is 36.9 Å². The van der Waals surface area contributed by atoms with Crippen LogP contribution in [-0.2, 0) is 9.47 Å². The topological polar surface area (TPSA) is 49.2 Å². The molecular formula is C19H23N3O2. The van der Waals surface area contributed by atoms with Crippen molar-refractivity contribution in [2.24, 2.45) is 11.3 Å². The lowest BCUT2D eigenvalue weighted by atomic mass is 9.85. The Bertz CT molecular complexity index is 873. The maximum absolute atomic E-state index is 6.43. The summed E-state index contributed by atoms with van der Waals surface area (Å²) in [7, 11) is 0. The molecule has 1 saturated heterocycles. The highest BCUT2D eigenvalue weighted by Gasteiger charge is 2.80. The number of fused-ring (bicyclic) bond motifs is 4. The normalized spacial score (nSPS) is 42.1. The Labute approximate surface area is 141 Å². The number of nitrogens with zero attached hydrogens (tertiary/aromatic N) is 3. The van der Waals surface area contributed by atoms with Crippen LogP contribution >= 0.6 is 0 Å². The van der Waals surface area contributed by atoms with Crippen molar-refractivity contribution >= 4 is 11.0 Å². The quantitative estimate of drug-likeness (QED) is 0.794. The standard InChI is InChI=1S/C19H23N3O2/c1-6-19-9-13(19)14(15-18(19,5)24-17(3,4)23-15)22-8-7-12-11(2)20-10-21-16(12)22/h6-8,10,13-15H,1,9H2,2-5H3/t13-,14-,15+,18-,19+/m1/s1. The average Bonchev–Trinajstić information content (AvgIpc) is 2.93. The van der Waals surface area contributed by atoms with Crippen LogP contribution in [0, 0.1) is 18.3 Å². The predicted molar refractivity (Wildman–Crippen MR) is 90.5 cm³/mol. The Hall–Kier alpha value is -1.72. The van der Waals surface area contributed by atoms with Gasteiger partial charge in [-0.1, -0.05) is 6.08 Å². The van der Waals surface area contributed by atoms with Crippen LogP contribution in [0.15, 0.2) is 31.2 Å². The van der Waals surface area contributed by atoms with Crippen molar-refractivity contribution < 1.29 is 9.47 Å². The van der Waals surface area contributed by atoms with Crippen LogP contribution in [0.1, 0.15) is 38.9 Å². The Balaban J connectivity index is 1.69. The molecule has 126 valence electrons. The number of aryl methyl sites for hydroxylation is 1. The molecule has 0 amide bonds. The molecule has 2 aromatic heterocycles. The average molecular weight is 325 g/mol. The van der Waals surface area contributed by atoms with E-state index in [1.54, 1.807) is 6.33 Å². The first-order chi connectivity index (χ1) is 11.3. The van der Waals surface area contributed by atoms with E-state index in [4.69, 9.17) is 9.47 Å². The Morgan fingerprint density at radius 1 is 1.33 bits per heavy atom. The number of aromatic nitrogens is 3. The van der Waals surface area contributed by atoms with Gasteiger partial charge in [0.25, 0.3) is 0 Å². The molecule has 5 atom stereocenters. The van der Waals surface area contributed by atoms with Crippen molar-refractivity contribution in [1.82, 2.24) is 14.5 Å². The van der Waals surface area contributed by atoms with Gasteiger partial charge in [0.1, 0.15) is 23.7 Å². The molecule has 3 heterocycles. The molecule has 1 aliphatic heterocycles. The molecule has 5 rings (SSSR count). The Morgan fingerprint density at radius 3 is 2.88 bits per heavy atom. The molecule has 24 heavy (non-hydrogen) atoms. The van der Waals surface area contributed by atoms with E-state index in [9.17, 15) is 0 Å². The Morgan fingerprint density at radius 2 is 2.12 bits per heavy atom. The summed E-state index contributed by atoms with van der Waals surface area (Å²) in [6, 6.07) is 2.32. The monoisotopic (exact) mass is 325 g/mol. The van der Waals surface area contributed by atoms with Gasteiger partial charge in [0.15, 0.2) is 5.79 Å². The molecule has 3 fully saturated rings. The van der Waals surface area contributed by atoms with Crippen molar-refractivity contribution in [3.8, 4) is 0 Å². The van der Waals surface area contributed by atoms with E-state index < -0.39 is 5.79 Å². The lowest BCUT2D eigenvalue weighted by molar-refractivity contribution is -0.175. The lowest BCUT2D eigenvalue weighted by Gasteiger charge is -2.33. The van der Waals surface area contributed by atoms with Gasteiger partial charge in [0.2, 0.25) is 0 Å². The van der Waals surface area contributed by atoms with Crippen molar-refractivity contribution in [1.29, 1.82) is 0 Å². The van der Waals surface area contributed by atoms with Crippen LogP contribution in [-0.4, -0.2) is 32.0 Å². The van der Waals surface area contributed by atoms with E-state index in [0.29, 0.717) is 5.92 Å². The van der Waals surface area contributed by atoms with Crippen molar-refractivity contribution in [2.45, 2.75) is 57.6 Å². The summed E-state index contributed by atoms with van der Waals surface area (Å²) in [4.78, 5) is 8.86. The van der Waals surface area contributed by atoms with Gasteiger partial charge in [0, 0.05) is 17.0 Å². The maximum atomic E-state index is 6.43. The summed E-state index contributed by atoms with van der Waals surface area (Å²) in [5.41, 5.74) is 1.64. The van der Waals surface area contributed by atoms with Crippen molar-refractivity contribution in [3.63, 3.8) is 0 Å². The fourth-order valence-corrected chi connectivity index (χ4v) is 5.39. The van der Waals surface area contributed by atoms with E-state index in [2.05, 4.69) is 46.4 Å². The predicted octanol–water partition coefficient (Wildman–Crippen LogP) is 3.40. The van der Waals surface area contributed by atoms with Gasteiger partial charge in [0.05, 0.1) is 11.7 Å². The molecular weight excluding hydrogens is 302 g/mol. The molecule has 0 aromatic carbocycles. The number of hydrogen-bond acceptors (Lipinski definition) is 4. The third-order valence-electron chi connectivity index (χ3n) is 6.51. The largest absolute Gasteiger partial charge is 0.342 e. The second kappa shape index (κ2) is 4.09. The highest BCUT2D eigenvalue weighted by atomic mass is 16.8. The van der Waals surface area contributed by atoms with E-state index in [1.807, 2.05) is 20.8 Å². The van der Waals surface area contributed by atoms with Crippen LogP contribution in [0.4, 0.5) is 0 Å². The minimum Gasteiger partial charge on any atom is -0.342 e. The van der Waals surface area contributed by atoms with E-state index in [-0.39, 0.29) is 23.2 Å². The molecule has 0 bridgehead atoms. The highest BCUT2D eigenvalue weighted by molar-refractivity contribution is 5.78. The molecule has 0 unspecified atom stereocenters. The van der Waals surface area contributed by atoms with Gasteiger partial charge in [-0.2, -0.15) is 0 Å². The molecule has 2 aromatic rings. The molecule has 0 radical (unpaired) electrons. The smallest absolute Gasteiger partial charge is 0.164 e. The van der Waals surface area contributed by atoms with Crippen molar-refractivity contribution in [2.75, 3.05) is 0 Å². The molecule has 2 aliphatic carbocycles. The minimum atomic E-state index is -0.574. The van der Waals surface area contributed by atoms with Crippen LogP contribution in [0.5, 0.6) is 0 Å². The van der Waals surface area contributed by atoms with E-state index in [0.717, 1.165) is 23.1 Å². The second-order valence-corrected chi connectivity index (χ2v) is 8.11. The third-order valence-corrected chi connectivity index (χ3v) is 6.51. The van der Waals surface area contributed by atoms with E-state index >= 15 is 0 Å². The summed E-state index contributed by atoms with van der Waals surface area (Å²) in [6.45, 7) is 12.4. The highest BCUT2D eigenvalue weighted by Crippen LogP contribution is 2.76. The summed E-state index contributed by atoms with van der Waals surface area (Å²) in [5.74, 6) is -0.0956. The van der Waals surface area contributed by atoms with Crippen LogP contribution in [0.2, 0.25) is 0 Å². The van der Waals surface area contributed by atoms with Gasteiger partial charge in [-0.25, -0.2) is 9.97 Å². The Kier molecular flexibility index (Phi) is 2.49. The third kappa shape index (κ3) is 1.48. The molecule has 2 saturated carbocycles.